The number of likely N-dealkylation sites (tertiary alicyclic amines) is 1. The highest BCUT2D eigenvalue weighted by Crippen LogP contribution is 2.20. The van der Waals surface area contributed by atoms with Gasteiger partial charge in [-0.05, 0) is 5.56 Å². The van der Waals surface area contributed by atoms with Crippen LogP contribution < -0.4 is 0 Å². The molecular formula is C12H14ClNO2. The van der Waals surface area contributed by atoms with Gasteiger partial charge in [-0.25, -0.2) is 0 Å². The standard InChI is InChI=1S/C12H14ClNO2/c13-10-6-12(16)14(7-10)8-11(15)9-4-2-1-3-5-9/h1-5,10-11,15H,6-8H2/t10?,11-/m1/s1. The Hall–Kier alpha value is -1.06. The zero-order chi connectivity index (χ0) is 11.5. The highest BCUT2D eigenvalue weighted by Gasteiger charge is 2.29. The summed E-state index contributed by atoms with van der Waals surface area (Å²) in [5.74, 6) is 0.0231. The van der Waals surface area contributed by atoms with Gasteiger partial charge in [0, 0.05) is 13.0 Å². The molecule has 1 N–H and O–H groups in total. The zero-order valence-corrected chi connectivity index (χ0v) is 9.60. The molecule has 1 heterocycles. The number of alkyl halides is 1. The first-order chi connectivity index (χ1) is 7.66. The molecule has 86 valence electrons. The molecule has 4 heteroatoms. The monoisotopic (exact) mass is 239 g/mol. The van der Waals surface area contributed by atoms with Crippen LogP contribution in [0.3, 0.4) is 0 Å². The number of β-amino-alcohol motifs (C(OH)–C–C–N with tert-alkyl or cyclic N) is 1. The van der Waals surface area contributed by atoms with E-state index in [1.54, 1.807) is 4.90 Å². The van der Waals surface area contributed by atoms with Gasteiger partial charge in [-0.1, -0.05) is 30.3 Å². The topological polar surface area (TPSA) is 40.5 Å². The summed E-state index contributed by atoms with van der Waals surface area (Å²) in [6.07, 6.45) is -0.254. The molecule has 0 spiro atoms. The Kier molecular flexibility index (Phi) is 3.46. The van der Waals surface area contributed by atoms with Crippen LogP contribution in [0.15, 0.2) is 30.3 Å². The molecule has 0 bridgehead atoms. The molecule has 1 aromatic rings. The van der Waals surface area contributed by atoms with Crippen molar-refractivity contribution in [3.63, 3.8) is 0 Å². The second-order valence-corrected chi connectivity index (χ2v) is 4.64. The molecule has 2 atom stereocenters. The minimum absolute atomic E-state index is 0.0231. The Morgan fingerprint density at radius 2 is 2.12 bits per heavy atom. The van der Waals surface area contributed by atoms with Crippen molar-refractivity contribution in [1.82, 2.24) is 4.90 Å². The average Bonchev–Trinajstić information content (AvgIpc) is 2.59. The van der Waals surface area contributed by atoms with E-state index in [0.29, 0.717) is 19.5 Å². The normalized spacial score (nSPS) is 22.5. The van der Waals surface area contributed by atoms with Crippen LogP contribution in [0.4, 0.5) is 0 Å². The van der Waals surface area contributed by atoms with E-state index in [9.17, 15) is 9.90 Å². The molecule has 0 aliphatic carbocycles. The quantitative estimate of drug-likeness (QED) is 0.814. The third-order valence-electron chi connectivity index (χ3n) is 2.74. The molecule has 0 aromatic heterocycles. The minimum Gasteiger partial charge on any atom is -0.387 e. The first-order valence-electron chi connectivity index (χ1n) is 5.31. The molecule has 1 aromatic carbocycles. The summed E-state index contributed by atoms with van der Waals surface area (Å²) in [6, 6.07) is 9.34. The van der Waals surface area contributed by atoms with Gasteiger partial charge in [-0.15, -0.1) is 11.6 Å². The number of aliphatic hydroxyl groups excluding tert-OH is 1. The highest BCUT2D eigenvalue weighted by molar-refractivity contribution is 6.22. The summed E-state index contributed by atoms with van der Waals surface area (Å²) >= 11 is 5.89. The number of carbonyl (C=O) groups excluding carboxylic acids is 1. The molecule has 1 saturated heterocycles. The average molecular weight is 240 g/mol. The van der Waals surface area contributed by atoms with E-state index in [2.05, 4.69) is 0 Å². The van der Waals surface area contributed by atoms with E-state index in [1.807, 2.05) is 30.3 Å². The van der Waals surface area contributed by atoms with Gasteiger partial charge in [0.05, 0.1) is 18.0 Å². The maximum atomic E-state index is 11.5. The lowest BCUT2D eigenvalue weighted by molar-refractivity contribution is -0.128. The van der Waals surface area contributed by atoms with E-state index in [1.165, 1.54) is 0 Å². The lowest BCUT2D eigenvalue weighted by Gasteiger charge is -2.20. The van der Waals surface area contributed by atoms with Crippen LogP contribution in [0, 0.1) is 0 Å². The number of nitrogens with zero attached hydrogens (tertiary/aromatic N) is 1. The van der Waals surface area contributed by atoms with E-state index in [4.69, 9.17) is 11.6 Å². The van der Waals surface area contributed by atoms with Gasteiger partial charge in [-0.3, -0.25) is 4.79 Å². The molecular weight excluding hydrogens is 226 g/mol. The highest BCUT2D eigenvalue weighted by atomic mass is 35.5. The largest absolute Gasteiger partial charge is 0.387 e. The predicted octanol–water partition coefficient (Wildman–Crippen LogP) is 1.56. The maximum absolute atomic E-state index is 11.5. The first kappa shape index (κ1) is 11.4. The Bertz CT molecular complexity index is 369. The number of hydrogen-bond acceptors (Lipinski definition) is 2. The molecule has 0 saturated carbocycles. The summed E-state index contributed by atoms with van der Waals surface area (Å²) in [6.45, 7) is 0.857. The van der Waals surface area contributed by atoms with E-state index in [-0.39, 0.29) is 11.3 Å². The Morgan fingerprint density at radius 3 is 2.69 bits per heavy atom. The lowest BCUT2D eigenvalue weighted by atomic mass is 10.1. The van der Waals surface area contributed by atoms with Crippen molar-refractivity contribution in [2.24, 2.45) is 0 Å². The second-order valence-electron chi connectivity index (χ2n) is 4.03. The number of carbonyl (C=O) groups is 1. The number of benzene rings is 1. The SMILES string of the molecule is O=C1CC(Cl)CN1C[C@@H](O)c1ccccc1. The van der Waals surface area contributed by atoms with E-state index >= 15 is 0 Å². The number of hydrogen-bond donors (Lipinski definition) is 1. The Labute approximate surface area is 99.6 Å². The molecule has 1 fully saturated rings. The minimum atomic E-state index is -0.632. The Balaban J connectivity index is 1.98. The van der Waals surface area contributed by atoms with Crippen LogP contribution in [0.2, 0.25) is 0 Å². The van der Waals surface area contributed by atoms with Crippen LogP contribution in [0.5, 0.6) is 0 Å². The van der Waals surface area contributed by atoms with Crippen molar-refractivity contribution in [3.05, 3.63) is 35.9 Å². The number of halogens is 1. The fourth-order valence-electron chi connectivity index (χ4n) is 1.89. The van der Waals surface area contributed by atoms with Crippen molar-refractivity contribution in [2.45, 2.75) is 17.9 Å². The van der Waals surface area contributed by atoms with Gasteiger partial charge in [-0.2, -0.15) is 0 Å². The van der Waals surface area contributed by atoms with Crippen molar-refractivity contribution >= 4 is 17.5 Å². The van der Waals surface area contributed by atoms with Gasteiger partial charge in [0.25, 0.3) is 0 Å². The third kappa shape index (κ3) is 2.54. The van der Waals surface area contributed by atoms with Gasteiger partial charge in [0.1, 0.15) is 0 Å². The summed E-state index contributed by atoms with van der Waals surface area (Å²) in [5.41, 5.74) is 0.827. The van der Waals surface area contributed by atoms with Gasteiger partial charge < -0.3 is 10.0 Å². The number of aliphatic hydroxyl groups is 1. The lowest BCUT2D eigenvalue weighted by Crippen LogP contribution is -2.30. The van der Waals surface area contributed by atoms with Crippen molar-refractivity contribution in [3.8, 4) is 0 Å². The van der Waals surface area contributed by atoms with Crippen LogP contribution in [-0.2, 0) is 4.79 Å². The van der Waals surface area contributed by atoms with Crippen LogP contribution in [0.25, 0.3) is 0 Å². The zero-order valence-electron chi connectivity index (χ0n) is 8.84. The van der Waals surface area contributed by atoms with Gasteiger partial charge in [0.2, 0.25) is 5.91 Å². The van der Waals surface area contributed by atoms with E-state index in [0.717, 1.165) is 5.56 Å². The Morgan fingerprint density at radius 1 is 1.44 bits per heavy atom. The summed E-state index contributed by atoms with van der Waals surface area (Å²) in [7, 11) is 0. The molecule has 1 unspecified atom stereocenters. The van der Waals surface area contributed by atoms with Gasteiger partial charge >= 0.3 is 0 Å². The van der Waals surface area contributed by atoms with Crippen LogP contribution >= 0.6 is 11.6 Å². The molecule has 16 heavy (non-hydrogen) atoms. The summed E-state index contributed by atoms with van der Waals surface area (Å²) in [5, 5.41) is 9.83. The first-order valence-corrected chi connectivity index (χ1v) is 5.75. The van der Waals surface area contributed by atoms with Crippen molar-refractivity contribution in [1.29, 1.82) is 0 Å². The second kappa shape index (κ2) is 4.85. The van der Waals surface area contributed by atoms with Crippen LogP contribution in [-0.4, -0.2) is 34.4 Å². The summed E-state index contributed by atoms with van der Waals surface area (Å²) in [4.78, 5) is 13.1. The maximum Gasteiger partial charge on any atom is 0.224 e. The molecule has 0 radical (unpaired) electrons. The fraction of sp³-hybridized carbons (Fsp3) is 0.417. The van der Waals surface area contributed by atoms with Gasteiger partial charge in [0.15, 0.2) is 0 Å². The predicted molar refractivity (Wildman–Crippen MR) is 62.2 cm³/mol. The number of rotatable bonds is 3. The molecule has 3 nitrogen and oxygen atoms in total. The molecule has 1 amide bonds. The molecule has 1 aliphatic heterocycles. The van der Waals surface area contributed by atoms with E-state index < -0.39 is 6.10 Å². The summed E-state index contributed by atoms with van der Waals surface area (Å²) < 4.78 is 0. The van der Waals surface area contributed by atoms with Crippen molar-refractivity contribution in [2.75, 3.05) is 13.1 Å². The van der Waals surface area contributed by atoms with Crippen molar-refractivity contribution < 1.29 is 9.90 Å². The smallest absolute Gasteiger partial charge is 0.224 e. The third-order valence-corrected chi connectivity index (χ3v) is 3.04. The molecule has 2 rings (SSSR count). The number of amides is 1. The fourth-order valence-corrected chi connectivity index (χ4v) is 2.19. The molecule has 1 aliphatic rings. The van der Waals surface area contributed by atoms with Crippen LogP contribution in [0.1, 0.15) is 18.1 Å².